The van der Waals surface area contributed by atoms with E-state index in [1.54, 1.807) is 0 Å². The molecule has 8 bridgehead atoms. The zero-order chi connectivity index (χ0) is 27.6. The van der Waals surface area contributed by atoms with E-state index >= 15 is 0 Å². The summed E-state index contributed by atoms with van der Waals surface area (Å²) in [5.74, 6) is 0.200. The molecule has 200 valence electrons. The van der Waals surface area contributed by atoms with Crippen molar-refractivity contribution in [3.63, 3.8) is 0 Å². The van der Waals surface area contributed by atoms with Crippen molar-refractivity contribution in [3.8, 4) is 0 Å². The number of ether oxygens (including phenoxy) is 1. The van der Waals surface area contributed by atoms with Gasteiger partial charge in [0.25, 0.3) is 0 Å². The maximum Gasteiger partial charge on any atom is 0.302 e. The van der Waals surface area contributed by atoms with Crippen LogP contribution in [0.3, 0.4) is 0 Å². The number of aromatic nitrogens is 4. The van der Waals surface area contributed by atoms with E-state index in [9.17, 15) is 4.79 Å². The minimum atomic E-state index is -0.193. The summed E-state index contributed by atoms with van der Waals surface area (Å²) in [6.45, 7) is 17.1. The Morgan fingerprint density at radius 1 is 0.921 bits per heavy atom. The average molecular weight is 513 g/mol. The fourth-order valence-electron chi connectivity index (χ4n) is 4.88. The van der Waals surface area contributed by atoms with Gasteiger partial charge in [0.05, 0.1) is 18.0 Å². The fraction of sp³-hybridized carbons (Fsp3) is 0.406. The minimum absolute atomic E-state index is 0.193. The van der Waals surface area contributed by atoms with E-state index in [1.165, 1.54) is 40.5 Å². The molecular weight excluding hydrogens is 472 g/mol. The lowest BCUT2D eigenvalue weighted by Crippen LogP contribution is -1.98. The maximum absolute atomic E-state index is 9.98. The molecule has 0 aromatic carbocycles. The van der Waals surface area contributed by atoms with Crippen LogP contribution in [0.1, 0.15) is 93.3 Å². The highest BCUT2D eigenvalue weighted by Gasteiger charge is 2.20. The third-order valence-electron chi connectivity index (χ3n) is 7.44. The van der Waals surface area contributed by atoms with Crippen molar-refractivity contribution in [3.05, 3.63) is 69.8 Å². The van der Waals surface area contributed by atoms with Crippen molar-refractivity contribution in [2.45, 2.75) is 80.6 Å². The van der Waals surface area contributed by atoms with E-state index < -0.39 is 0 Å². The molecule has 6 nitrogen and oxygen atoms in total. The Hall–Kier alpha value is -3.67. The van der Waals surface area contributed by atoms with E-state index in [-0.39, 0.29) is 5.97 Å². The van der Waals surface area contributed by atoms with E-state index in [1.807, 2.05) is 6.92 Å². The van der Waals surface area contributed by atoms with Gasteiger partial charge in [-0.2, -0.15) is 0 Å². The quantitative estimate of drug-likeness (QED) is 0.351. The molecule has 1 unspecified atom stereocenters. The van der Waals surface area contributed by atoms with E-state index in [0.29, 0.717) is 12.5 Å². The van der Waals surface area contributed by atoms with Crippen LogP contribution >= 0.6 is 0 Å². The number of rotatable bonds is 3. The van der Waals surface area contributed by atoms with Gasteiger partial charge in [-0.1, -0.05) is 20.8 Å². The van der Waals surface area contributed by atoms with Crippen molar-refractivity contribution < 1.29 is 9.53 Å². The van der Waals surface area contributed by atoms with Gasteiger partial charge >= 0.3 is 5.97 Å². The first-order valence-electron chi connectivity index (χ1n) is 13.6. The molecule has 2 aliphatic heterocycles. The number of allylic oxidation sites excluding steroid dienone is 2. The van der Waals surface area contributed by atoms with Crippen molar-refractivity contribution in [1.82, 2.24) is 19.9 Å². The van der Waals surface area contributed by atoms with Crippen molar-refractivity contribution in [1.29, 1.82) is 0 Å². The highest BCUT2D eigenvalue weighted by atomic mass is 16.5. The van der Waals surface area contributed by atoms with E-state index in [4.69, 9.17) is 9.97 Å². The van der Waals surface area contributed by atoms with Crippen LogP contribution in [-0.4, -0.2) is 32.5 Å². The number of esters is 1. The lowest BCUT2D eigenvalue weighted by atomic mass is 10.0. The van der Waals surface area contributed by atoms with Crippen LogP contribution in [0, 0.1) is 13.8 Å². The summed E-state index contributed by atoms with van der Waals surface area (Å²) in [5.41, 5.74) is 15.2. The van der Waals surface area contributed by atoms with Gasteiger partial charge < -0.3 is 14.7 Å². The van der Waals surface area contributed by atoms with Crippen molar-refractivity contribution in [2.75, 3.05) is 6.61 Å². The largest absolute Gasteiger partial charge is 0.466 e. The Morgan fingerprint density at radius 2 is 1.63 bits per heavy atom. The summed E-state index contributed by atoms with van der Waals surface area (Å²) in [6.07, 6.45) is 2.85. The van der Waals surface area contributed by atoms with Gasteiger partial charge in [0.2, 0.25) is 0 Å². The zero-order valence-corrected chi connectivity index (χ0v) is 24.0. The van der Waals surface area contributed by atoms with Gasteiger partial charge in [-0.25, -0.2) is 4.98 Å². The molecule has 0 spiro atoms. The number of carbonyl (C=O) groups excluding carboxylic acids is 1. The molecule has 38 heavy (non-hydrogen) atoms. The second-order valence-electron chi connectivity index (χ2n) is 10.4. The summed E-state index contributed by atoms with van der Waals surface area (Å²) in [5, 5.41) is 0. The van der Waals surface area contributed by atoms with Crippen LogP contribution in [0.2, 0.25) is 0 Å². The first-order valence-corrected chi connectivity index (χ1v) is 13.6. The Kier molecular flexibility index (Phi) is 8.20. The molecule has 3 aromatic rings. The average Bonchev–Trinajstić information content (AvgIpc) is 3.62. The number of fused-ring (bicyclic) bond motifs is 8. The Balaban J connectivity index is 0.000000426. The Morgan fingerprint density at radius 3 is 2.26 bits per heavy atom. The van der Waals surface area contributed by atoms with Gasteiger partial charge in [0, 0.05) is 46.3 Å². The highest BCUT2D eigenvalue weighted by molar-refractivity contribution is 5.91. The van der Waals surface area contributed by atoms with E-state index in [0.717, 1.165) is 58.4 Å². The van der Waals surface area contributed by atoms with Crippen LogP contribution in [0.5, 0.6) is 0 Å². The number of nitrogens with zero attached hydrogens (tertiary/aromatic N) is 2. The first-order chi connectivity index (χ1) is 18.1. The van der Waals surface area contributed by atoms with Gasteiger partial charge in [-0.3, -0.25) is 9.78 Å². The lowest BCUT2D eigenvalue weighted by molar-refractivity contribution is -0.140. The third kappa shape index (κ3) is 5.74. The monoisotopic (exact) mass is 512 g/mol. The normalized spacial score (nSPS) is 14.8. The number of hydrogen-bond donors (Lipinski definition) is 2. The van der Waals surface area contributed by atoms with Gasteiger partial charge in [-0.05, 0) is 105 Å². The summed E-state index contributed by atoms with van der Waals surface area (Å²) in [6, 6.07) is 11.1. The predicted octanol–water partition coefficient (Wildman–Crippen LogP) is 7.75. The molecule has 3 aromatic heterocycles. The zero-order valence-electron chi connectivity index (χ0n) is 24.0. The maximum atomic E-state index is 9.98. The Labute approximate surface area is 225 Å². The smallest absolute Gasteiger partial charge is 0.302 e. The predicted molar refractivity (Wildman–Crippen MR) is 157 cm³/mol. The Bertz CT molecular complexity index is 1550. The summed E-state index contributed by atoms with van der Waals surface area (Å²) in [7, 11) is 0. The van der Waals surface area contributed by atoms with Gasteiger partial charge in [0.15, 0.2) is 0 Å². The van der Waals surface area contributed by atoms with Crippen LogP contribution < -0.4 is 0 Å². The summed E-state index contributed by atoms with van der Waals surface area (Å²) >= 11 is 0. The lowest BCUT2D eigenvalue weighted by Gasteiger charge is -2.00. The molecule has 0 radical (unpaired) electrons. The minimum Gasteiger partial charge on any atom is -0.466 e. The standard InChI is InChI=1S/C27H30N4.C5H10O2/c1-7-19-10-20-11-25-16(4)17(5)26(31-25)12-21-14(2)8-23(29-21)18(6)24-9-15(3)22(30-24)13-27(19)28-20;1-3-4-7-5(2)6/h9-14,28,30H,7-8H2,1-6H3;3-4H2,1-2H3. The molecule has 0 aliphatic carbocycles. The molecular formula is C32H40N4O2. The summed E-state index contributed by atoms with van der Waals surface area (Å²) < 4.78 is 4.55. The molecule has 2 N–H and O–H groups in total. The van der Waals surface area contributed by atoms with Crippen LogP contribution in [0.15, 0.2) is 30.3 Å². The molecule has 0 fully saturated rings. The molecule has 2 aliphatic rings. The molecule has 5 heterocycles. The number of aryl methyl sites for hydroxylation is 3. The SMILES string of the molecule is CCCOC(C)=O.CCc1cc2cc3nc(cc4nc(c(C)c5cc(C)c(cc1[nH]2)[nH]5)CC4C)C(C)=C3C. The molecule has 6 heteroatoms. The second kappa shape index (κ2) is 11.4. The number of aromatic amines is 2. The van der Waals surface area contributed by atoms with Gasteiger partial charge in [-0.15, -0.1) is 0 Å². The van der Waals surface area contributed by atoms with Crippen molar-refractivity contribution in [2.24, 2.45) is 0 Å². The van der Waals surface area contributed by atoms with Crippen LogP contribution in [0.25, 0.3) is 33.2 Å². The molecule has 0 saturated heterocycles. The van der Waals surface area contributed by atoms with Crippen LogP contribution in [0.4, 0.5) is 0 Å². The van der Waals surface area contributed by atoms with E-state index in [2.05, 4.69) is 86.6 Å². The third-order valence-corrected chi connectivity index (χ3v) is 7.44. The molecule has 1 atom stereocenters. The number of nitrogens with one attached hydrogen (secondary N) is 2. The number of hydrogen-bond acceptors (Lipinski definition) is 4. The second-order valence-corrected chi connectivity index (χ2v) is 10.4. The molecule has 0 amide bonds. The molecule has 5 rings (SSSR count). The number of carbonyl (C=O) groups is 1. The highest BCUT2D eigenvalue weighted by Crippen LogP contribution is 2.32. The van der Waals surface area contributed by atoms with Crippen LogP contribution in [-0.2, 0) is 22.4 Å². The first kappa shape index (κ1) is 27.4. The van der Waals surface area contributed by atoms with Gasteiger partial charge in [0.1, 0.15) is 0 Å². The topological polar surface area (TPSA) is 83.7 Å². The fourth-order valence-corrected chi connectivity index (χ4v) is 4.88. The molecule has 0 saturated carbocycles. The summed E-state index contributed by atoms with van der Waals surface area (Å²) in [4.78, 5) is 27.3. The number of H-pyrrole nitrogens is 2. The van der Waals surface area contributed by atoms with Crippen molar-refractivity contribution >= 4 is 39.2 Å².